The summed E-state index contributed by atoms with van der Waals surface area (Å²) in [5.41, 5.74) is 20.2. The summed E-state index contributed by atoms with van der Waals surface area (Å²) in [4.78, 5) is 5.23. The Morgan fingerprint density at radius 1 is 0.491 bits per heavy atom. The second-order valence-corrected chi connectivity index (χ2v) is 19.1. The summed E-state index contributed by atoms with van der Waals surface area (Å²) in [5.74, 6) is 0. The molecule has 6 aromatic rings. The lowest BCUT2D eigenvalue weighted by atomic mass is 9.33. The van der Waals surface area contributed by atoms with Gasteiger partial charge in [0, 0.05) is 33.8 Å². The smallest absolute Gasteiger partial charge is 0.252 e. The van der Waals surface area contributed by atoms with Crippen molar-refractivity contribution >= 4 is 68.0 Å². The minimum atomic E-state index is 0.0135. The number of fused-ring (bicyclic) bond motifs is 4. The van der Waals surface area contributed by atoms with E-state index in [1.54, 1.807) is 0 Å². The van der Waals surface area contributed by atoms with Crippen LogP contribution in [0.2, 0.25) is 0 Å². The Morgan fingerprint density at radius 2 is 1.04 bits per heavy atom. The van der Waals surface area contributed by atoms with Crippen LogP contribution >= 0.6 is 0 Å². The molecule has 1 aliphatic carbocycles. The lowest BCUT2D eigenvalue weighted by molar-refractivity contribution is 0.590. The Hall–Kier alpha value is -4.76. The molecule has 2 heterocycles. The van der Waals surface area contributed by atoms with Gasteiger partial charge in [-0.1, -0.05) is 123 Å². The van der Waals surface area contributed by atoms with Gasteiger partial charge < -0.3 is 9.80 Å². The quantitative estimate of drug-likeness (QED) is 0.166. The molecule has 6 aromatic carbocycles. The fourth-order valence-electron chi connectivity index (χ4n) is 9.34. The summed E-state index contributed by atoms with van der Waals surface area (Å²) >= 11 is 0. The zero-order valence-electron chi connectivity index (χ0n) is 33.4. The van der Waals surface area contributed by atoms with Crippen molar-refractivity contribution in [1.29, 1.82) is 0 Å². The number of hydrogen-bond donors (Lipinski definition) is 0. The highest BCUT2D eigenvalue weighted by atomic mass is 15.2. The van der Waals surface area contributed by atoms with E-state index in [0.717, 1.165) is 12.8 Å². The molecule has 0 atom stereocenters. The van der Waals surface area contributed by atoms with Crippen LogP contribution in [0.3, 0.4) is 0 Å². The van der Waals surface area contributed by atoms with Gasteiger partial charge in [0.2, 0.25) is 0 Å². The summed E-state index contributed by atoms with van der Waals surface area (Å²) in [5, 5.41) is 2.83. The van der Waals surface area contributed by atoms with Crippen LogP contribution in [0.15, 0.2) is 103 Å². The zero-order valence-corrected chi connectivity index (χ0v) is 33.4. The van der Waals surface area contributed by atoms with Gasteiger partial charge in [0.25, 0.3) is 6.71 Å². The molecule has 3 heteroatoms. The van der Waals surface area contributed by atoms with Gasteiger partial charge in [0.15, 0.2) is 0 Å². The maximum absolute atomic E-state index is 2.64. The normalized spacial score (nSPS) is 15.0. The number of nitrogens with zero attached hydrogens (tertiary/aromatic N) is 2. The van der Waals surface area contributed by atoms with Crippen molar-refractivity contribution in [2.75, 3.05) is 9.80 Å². The molecule has 2 aliphatic heterocycles. The van der Waals surface area contributed by atoms with E-state index in [2.05, 4.69) is 182 Å². The molecule has 0 N–H and O–H groups in total. The first-order chi connectivity index (χ1) is 25.1. The Balaban J connectivity index is 1.40. The molecule has 266 valence electrons. The molecule has 0 fully saturated rings. The third kappa shape index (κ3) is 5.37. The average Bonchev–Trinajstić information content (AvgIpc) is 3.10. The first-order valence-corrected chi connectivity index (χ1v) is 19.8. The Morgan fingerprint density at radius 3 is 1.66 bits per heavy atom. The number of anilines is 6. The fraction of sp³-hybridized carbons (Fsp3) is 0.320. The highest BCUT2D eigenvalue weighted by molar-refractivity contribution is 7.00. The SMILES string of the molecule is Cc1cc2c3c(c1)N(c1ccc4c5c(cccc15)CCC4)c1cc(C(C)(C)C)ccc1B3c1ccc(C(C)(C)C)cc1N2c1cccc(C(C)(C)C)c1. The molecule has 0 unspecified atom stereocenters. The third-order valence-corrected chi connectivity index (χ3v) is 12.2. The summed E-state index contributed by atoms with van der Waals surface area (Å²) in [6.45, 7) is 23.4. The second kappa shape index (κ2) is 11.6. The molecule has 53 heavy (non-hydrogen) atoms. The van der Waals surface area contributed by atoms with Crippen molar-refractivity contribution in [3.05, 3.63) is 137 Å². The number of rotatable bonds is 2. The maximum atomic E-state index is 2.64. The molecule has 3 aliphatic rings. The van der Waals surface area contributed by atoms with Crippen LogP contribution in [0, 0.1) is 6.92 Å². The van der Waals surface area contributed by atoms with Gasteiger partial charge in [-0.2, -0.15) is 0 Å². The molecule has 0 amide bonds. The monoisotopic (exact) mass is 692 g/mol. The van der Waals surface area contributed by atoms with Crippen LogP contribution in [0.4, 0.5) is 34.1 Å². The van der Waals surface area contributed by atoms with E-state index in [4.69, 9.17) is 0 Å². The average molecular weight is 693 g/mol. The van der Waals surface area contributed by atoms with Gasteiger partial charge in [0.1, 0.15) is 0 Å². The van der Waals surface area contributed by atoms with Crippen LogP contribution in [0.5, 0.6) is 0 Å². The summed E-state index contributed by atoms with van der Waals surface area (Å²) in [6.07, 6.45) is 3.52. The van der Waals surface area contributed by atoms with Crippen LogP contribution in [0.25, 0.3) is 10.8 Å². The van der Waals surface area contributed by atoms with Crippen LogP contribution in [-0.2, 0) is 29.1 Å². The van der Waals surface area contributed by atoms with Gasteiger partial charge in [-0.3, -0.25) is 0 Å². The molecule has 0 saturated heterocycles. The summed E-state index contributed by atoms with van der Waals surface area (Å²) in [7, 11) is 0. The van der Waals surface area contributed by atoms with Crippen molar-refractivity contribution in [3.63, 3.8) is 0 Å². The van der Waals surface area contributed by atoms with Gasteiger partial charge >= 0.3 is 0 Å². The van der Waals surface area contributed by atoms with E-state index in [9.17, 15) is 0 Å². The largest absolute Gasteiger partial charge is 0.311 e. The highest BCUT2D eigenvalue weighted by Gasteiger charge is 2.44. The standard InChI is InChI=1S/C50H53BN2/c1-31-26-44-47-45(27-31)53(41-25-20-33-15-11-14-32-16-12-19-38(41)46(32)33)43-30-36(50(8,9)10)22-24-40(43)51(47)39-23-21-35(49(5,6)7)29-42(39)52(44)37-18-13-17-34(28-37)48(2,3)4/h12-13,16-30H,11,14-15H2,1-10H3. The highest BCUT2D eigenvalue weighted by Crippen LogP contribution is 2.48. The summed E-state index contributed by atoms with van der Waals surface area (Å²) in [6, 6.07) is 40.8. The molecule has 0 bridgehead atoms. The van der Waals surface area contributed by atoms with Gasteiger partial charge in [-0.15, -0.1) is 0 Å². The molecular formula is C50H53BN2. The maximum Gasteiger partial charge on any atom is 0.252 e. The number of benzene rings is 6. The second-order valence-electron chi connectivity index (χ2n) is 19.1. The van der Waals surface area contributed by atoms with Gasteiger partial charge in [-0.05, 0) is 140 Å². The molecule has 0 aromatic heterocycles. The van der Waals surface area contributed by atoms with Crippen molar-refractivity contribution < 1.29 is 0 Å². The predicted molar refractivity (Wildman–Crippen MR) is 231 cm³/mol. The molecule has 0 saturated carbocycles. The Bertz CT molecular complexity index is 2460. The van der Waals surface area contributed by atoms with Crippen molar-refractivity contribution in [2.24, 2.45) is 0 Å². The number of hydrogen-bond acceptors (Lipinski definition) is 2. The van der Waals surface area contributed by atoms with E-state index in [1.165, 1.54) is 101 Å². The molecule has 0 radical (unpaired) electrons. The topological polar surface area (TPSA) is 6.48 Å². The van der Waals surface area contributed by atoms with Gasteiger partial charge in [0.05, 0.1) is 5.69 Å². The van der Waals surface area contributed by atoms with Crippen LogP contribution < -0.4 is 26.2 Å². The summed E-state index contributed by atoms with van der Waals surface area (Å²) < 4.78 is 0. The van der Waals surface area contributed by atoms with E-state index in [0.29, 0.717) is 0 Å². The van der Waals surface area contributed by atoms with E-state index < -0.39 is 0 Å². The lowest BCUT2D eigenvalue weighted by Gasteiger charge is -2.45. The zero-order chi connectivity index (χ0) is 37.2. The van der Waals surface area contributed by atoms with Crippen LogP contribution in [-0.4, -0.2) is 6.71 Å². The third-order valence-electron chi connectivity index (χ3n) is 12.2. The van der Waals surface area contributed by atoms with Crippen molar-refractivity contribution in [1.82, 2.24) is 0 Å². The molecular weight excluding hydrogens is 639 g/mol. The minimum absolute atomic E-state index is 0.0135. The first-order valence-electron chi connectivity index (χ1n) is 19.8. The van der Waals surface area contributed by atoms with E-state index in [-0.39, 0.29) is 23.0 Å². The first kappa shape index (κ1) is 34.0. The molecule has 2 nitrogen and oxygen atoms in total. The Labute approximate surface area is 318 Å². The van der Waals surface area contributed by atoms with E-state index >= 15 is 0 Å². The minimum Gasteiger partial charge on any atom is -0.311 e. The molecule has 0 spiro atoms. The van der Waals surface area contributed by atoms with Crippen molar-refractivity contribution in [2.45, 2.75) is 105 Å². The van der Waals surface area contributed by atoms with Gasteiger partial charge in [-0.25, -0.2) is 0 Å². The number of aryl methyl sites for hydroxylation is 3. The van der Waals surface area contributed by atoms with E-state index in [1.807, 2.05) is 0 Å². The Kier molecular flexibility index (Phi) is 7.46. The fourth-order valence-corrected chi connectivity index (χ4v) is 9.34. The van der Waals surface area contributed by atoms with Crippen LogP contribution in [0.1, 0.15) is 102 Å². The van der Waals surface area contributed by atoms with Crippen molar-refractivity contribution in [3.8, 4) is 0 Å². The predicted octanol–water partition coefficient (Wildman–Crippen LogP) is 11.6. The molecule has 9 rings (SSSR count). The lowest BCUT2D eigenvalue weighted by Crippen LogP contribution is -2.61.